The largest absolute Gasteiger partial charge is 0.399 e. The summed E-state index contributed by atoms with van der Waals surface area (Å²) < 4.78 is 3.25. The summed E-state index contributed by atoms with van der Waals surface area (Å²) in [5.74, 6) is 0. The Morgan fingerprint density at radius 2 is 2.07 bits per heavy atom. The van der Waals surface area contributed by atoms with E-state index >= 15 is 0 Å². The van der Waals surface area contributed by atoms with E-state index in [0.29, 0.717) is 0 Å². The van der Waals surface area contributed by atoms with Gasteiger partial charge in [0.1, 0.15) is 5.65 Å². The van der Waals surface area contributed by atoms with E-state index in [2.05, 4.69) is 44.1 Å². The lowest BCUT2D eigenvalue weighted by atomic mass is 10.3. The fourth-order valence-electron chi connectivity index (χ4n) is 1.71. The van der Waals surface area contributed by atoms with Crippen LogP contribution in [0.5, 0.6) is 0 Å². The first-order chi connectivity index (χ1) is 7.24. The molecule has 0 radical (unpaired) electrons. The standard InChI is InChI=1S/C11H8IN3/c12-7-3-4-15-10-2-1-8(13)6-9(10)14-11(15)5-7/h1-6H,13H2. The van der Waals surface area contributed by atoms with Crippen LogP contribution in [0.3, 0.4) is 0 Å². The van der Waals surface area contributed by atoms with Crippen molar-refractivity contribution in [3.63, 3.8) is 0 Å². The molecular weight excluding hydrogens is 301 g/mol. The summed E-state index contributed by atoms with van der Waals surface area (Å²) in [6, 6.07) is 9.91. The summed E-state index contributed by atoms with van der Waals surface area (Å²) in [5.41, 5.74) is 9.47. The number of halogens is 1. The SMILES string of the molecule is Nc1ccc2c(c1)nc1cc(I)ccn12. The van der Waals surface area contributed by atoms with E-state index in [4.69, 9.17) is 5.73 Å². The van der Waals surface area contributed by atoms with Crippen LogP contribution in [0, 0.1) is 3.57 Å². The summed E-state index contributed by atoms with van der Waals surface area (Å²) in [6.45, 7) is 0. The number of pyridine rings is 1. The number of hydrogen-bond donors (Lipinski definition) is 1. The molecule has 3 nitrogen and oxygen atoms in total. The Labute approximate surface area is 100 Å². The maximum atomic E-state index is 5.72. The van der Waals surface area contributed by atoms with E-state index < -0.39 is 0 Å². The second-order valence-corrected chi connectivity index (χ2v) is 4.68. The molecule has 15 heavy (non-hydrogen) atoms. The Morgan fingerprint density at radius 1 is 1.20 bits per heavy atom. The highest BCUT2D eigenvalue weighted by molar-refractivity contribution is 14.1. The van der Waals surface area contributed by atoms with Gasteiger partial charge in [0.15, 0.2) is 0 Å². The average molecular weight is 309 g/mol. The van der Waals surface area contributed by atoms with Gasteiger partial charge in [-0.05, 0) is 52.9 Å². The van der Waals surface area contributed by atoms with Crippen molar-refractivity contribution in [2.45, 2.75) is 0 Å². The normalized spacial score (nSPS) is 11.3. The molecule has 0 spiro atoms. The Balaban J connectivity index is 2.51. The van der Waals surface area contributed by atoms with E-state index in [1.165, 1.54) is 3.57 Å². The minimum absolute atomic E-state index is 0.751. The minimum atomic E-state index is 0.751. The van der Waals surface area contributed by atoms with Crippen molar-refractivity contribution in [3.05, 3.63) is 40.1 Å². The smallest absolute Gasteiger partial charge is 0.138 e. The van der Waals surface area contributed by atoms with Gasteiger partial charge in [0.05, 0.1) is 11.0 Å². The molecule has 0 saturated heterocycles. The number of hydrogen-bond acceptors (Lipinski definition) is 2. The van der Waals surface area contributed by atoms with Crippen LogP contribution in [0.25, 0.3) is 16.7 Å². The van der Waals surface area contributed by atoms with E-state index in [0.717, 1.165) is 22.4 Å². The Morgan fingerprint density at radius 3 is 2.93 bits per heavy atom. The molecule has 0 unspecified atom stereocenters. The molecule has 2 aromatic heterocycles. The zero-order valence-electron chi connectivity index (χ0n) is 7.81. The molecule has 0 aliphatic carbocycles. The van der Waals surface area contributed by atoms with Crippen molar-refractivity contribution in [3.8, 4) is 0 Å². The first-order valence-corrected chi connectivity index (χ1v) is 5.65. The quantitative estimate of drug-likeness (QED) is 0.512. The molecule has 3 rings (SSSR count). The number of rotatable bonds is 0. The van der Waals surface area contributed by atoms with Crippen LogP contribution in [-0.2, 0) is 0 Å². The minimum Gasteiger partial charge on any atom is -0.399 e. The highest BCUT2D eigenvalue weighted by atomic mass is 127. The van der Waals surface area contributed by atoms with Crippen LogP contribution in [-0.4, -0.2) is 9.38 Å². The molecule has 2 N–H and O–H groups in total. The van der Waals surface area contributed by atoms with Gasteiger partial charge in [-0.2, -0.15) is 0 Å². The first-order valence-electron chi connectivity index (χ1n) is 4.57. The summed E-state index contributed by atoms with van der Waals surface area (Å²) in [5, 5.41) is 0. The van der Waals surface area contributed by atoms with Gasteiger partial charge in [-0.15, -0.1) is 0 Å². The number of nitrogens with two attached hydrogens (primary N) is 1. The lowest BCUT2D eigenvalue weighted by molar-refractivity contribution is 1.22. The third-order valence-corrected chi connectivity index (χ3v) is 3.06. The van der Waals surface area contributed by atoms with E-state index in [-0.39, 0.29) is 0 Å². The second-order valence-electron chi connectivity index (χ2n) is 3.43. The van der Waals surface area contributed by atoms with Crippen molar-refractivity contribution in [2.24, 2.45) is 0 Å². The molecule has 0 amide bonds. The molecule has 0 atom stereocenters. The van der Waals surface area contributed by atoms with Gasteiger partial charge in [-0.3, -0.25) is 4.40 Å². The van der Waals surface area contributed by atoms with Gasteiger partial charge in [0.25, 0.3) is 0 Å². The van der Waals surface area contributed by atoms with Crippen LogP contribution in [0.1, 0.15) is 0 Å². The molecule has 74 valence electrons. The van der Waals surface area contributed by atoms with Crippen LogP contribution in [0.2, 0.25) is 0 Å². The molecule has 3 aromatic rings. The van der Waals surface area contributed by atoms with Gasteiger partial charge in [-0.1, -0.05) is 0 Å². The van der Waals surface area contributed by atoms with Gasteiger partial charge in [-0.25, -0.2) is 4.98 Å². The number of nitrogen functional groups attached to an aromatic ring is 1. The van der Waals surface area contributed by atoms with Crippen LogP contribution >= 0.6 is 22.6 Å². The lowest BCUT2D eigenvalue weighted by Gasteiger charge is -1.95. The lowest BCUT2D eigenvalue weighted by Crippen LogP contribution is -1.85. The fourth-order valence-corrected chi connectivity index (χ4v) is 2.15. The Hall–Kier alpha value is -1.30. The summed E-state index contributed by atoms with van der Waals surface area (Å²) in [6.07, 6.45) is 2.03. The third kappa shape index (κ3) is 1.36. The fraction of sp³-hybridized carbons (Fsp3) is 0. The van der Waals surface area contributed by atoms with E-state index in [9.17, 15) is 0 Å². The maximum Gasteiger partial charge on any atom is 0.138 e. The molecule has 0 aliphatic heterocycles. The summed E-state index contributed by atoms with van der Waals surface area (Å²) >= 11 is 2.28. The number of nitrogens with zero attached hydrogens (tertiary/aromatic N) is 2. The third-order valence-electron chi connectivity index (χ3n) is 2.39. The predicted octanol–water partition coefficient (Wildman–Crippen LogP) is 2.67. The van der Waals surface area contributed by atoms with Crippen molar-refractivity contribution < 1.29 is 0 Å². The zero-order valence-corrected chi connectivity index (χ0v) is 9.97. The number of fused-ring (bicyclic) bond motifs is 3. The second kappa shape index (κ2) is 3.10. The van der Waals surface area contributed by atoms with E-state index in [1.54, 1.807) is 0 Å². The summed E-state index contributed by atoms with van der Waals surface area (Å²) in [4.78, 5) is 4.52. The molecule has 2 heterocycles. The van der Waals surface area contributed by atoms with Gasteiger partial charge in [0.2, 0.25) is 0 Å². The van der Waals surface area contributed by atoms with Crippen molar-refractivity contribution >= 4 is 45.0 Å². The highest BCUT2D eigenvalue weighted by Crippen LogP contribution is 2.20. The predicted molar refractivity (Wildman–Crippen MR) is 69.8 cm³/mol. The average Bonchev–Trinajstić information content (AvgIpc) is 2.53. The molecule has 0 fully saturated rings. The topological polar surface area (TPSA) is 43.3 Å². The first kappa shape index (κ1) is 8.96. The van der Waals surface area contributed by atoms with E-state index in [1.807, 2.05) is 24.4 Å². The Kier molecular flexibility index (Phi) is 1.85. The van der Waals surface area contributed by atoms with Gasteiger partial charge in [0, 0.05) is 15.5 Å². The number of aromatic nitrogens is 2. The maximum absolute atomic E-state index is 5.72. The van der Waals surface area contributed by atoms with Crippen LogP contribution < -0.4 is 5.73 Å². The Bertz CT molecular complexity index is 601. The van der Waals surface area contributed by atoms with Crippen LogP contribution in [0.15, 0.2) is 36.5 Å². The van der Waals surface area contributed by atoms with Crippen LogP contribution in [0.4, 0.5) is 5.69 Å². The number of anilines is 1. The molecular formula is C11H8IN3. The van der Waals surface area contributed by atoms with Gasteiger partial charge < -0.3 is 5.73 Å². The van der Waals surface area contributed by atoms with Crippen molar-refractivity contribution in [1.29, 1.82) is 0 Å². The monoisotopic (exact) mass is 309 g/mol. The van der Waals surface area contributed by atoms with Crippen molar-refractivity contribution in [1.82, 2.24) is 9.38 Å². The van der Waals surface area contributed by atoms with Crippen molar-refractivity contribution in [2.75, 3.05) is 5.73 Å². The molecule has 4 heteroatoms. The summed E-state index contributed by atoms with van der Waals surface area (Å²) in [7, 11) is 0. The molecule has 1 aromatic carbocycles. The molecule has 0 bridgehead atoms. The number of imidazole rings is 1. The molecule has 0 saturated carbocycles. The number of benzene rings is 1. The highest BCUT2D eigenvalue weighted by Gasteiger charge is 2.04. The molecule has 0 aliphatic rings. The van der Waals surface area contributed by atoms with Gasteiger partial charge >= 0.3 is 0 Å². The zero-order chi connectivity index (χ0) is 10.4.